The average Bonchev–Trinajstić information content (AvgIpc) is 3.33. The number of fused-ring (bicyclic) bond motifs is 6. The highest BCUT2D eigenvalue weighted by Gasteiger charge is 2.59. The Hall–Kier alpha value is -2.43. The number of allylic oxidation sites excluding steroid dienone is 2. The van der Waals surface area contributed by atoms with Gasteiger partial charge in [-0.25, -0.2) is 0 Å². The number of nitrogens with zero attached hydrogens (tertiary/aromatic N) is 2. The third kappa shape index (κ3) is 1.72. The maximum absolute atomic E-state index is 12.7. The van der Waals surface area contributed by atoms with Crippen LogP contribution < -0.4 is 4.90 Å². The van der Waals surface area contributed by atoms with Crippen molar-refractivity contribution < 1.29 is 14.4 Å². The Morgan fingerprint density at radius 3 is 2.42 bits per heavy atom. The average molecular weight is 322 g/mol. The molecular formula is C19H18N2O3. The first-order valence-electron chi connectivity index (χ1n) is 8.57. The van der Waals surface area contributed by atoms with E-state index in [0.29, 0.717) is 6.54 Å². The zero-order chi connectivity index (χ0) is 16.4. The van der Waals surface area contributed by atoms with Gasteiger partial charge in [0.25, 0.3) is 0 Å². The van der Waals surface area contributed by atoms with E-state index in [1.807, 2.05) is 24.3 Å². The normalized spacial score (nSPS) is 32.7. The van der Waals surface area contributed by atoms with Gasteiger partial charge in [-0.15, -0.1) is 0 Å². The first-order valence-corrected chi connectivity index (χ1v) is 8.57. The molecule has 1 aromatic rings. The van der Waals surface area contributed by atoms with Crippen LogP contribution in [0.5, 0.6) is 0 Å². The predicted octanol–water partition coefficient (Wildman–Crippen LogP) is 1.38. The van der Waals surface area contributed by atoms with Gasteiger partial charge in [0.05, 0.1) is 11.8 Å². The fourth-order valence-electron chi connectivity index (χ4n) is 4.94. The predicted molar refractivity (Wildman–Crippen MR) is 86.9 cm³/mol. The van der Waals surface area contributed by atoms with E-state index in [4.69, 9.17) is 0 Å². The van der Waals surface area contributed by atoms with Crippen molar-refractivity contribution in [3.05, 3.63) is 42.0 Å². The Balaban J connectivity index is 1.37. The Kier molecular flexibility index (Phi) is 2.78. The number of rotatable bonds is 2. The van der Waals surface area contributed by atoms with Gasteiger partial charge in [-0.2, -0.15) is 0 Å². The van der Waals surface area contributed by atoms with Crippen LogP contribution in [-0.4, -0.2) is 35.7 Å². The van der Waals surface area contributed by atoms with Gasteiger partial charge < -0.3 is 4.90 Å². The summed E-state index contributed by atoms with van der Waals surface area (Å²) in [5.41, 5.74) is 2.05. The van der Waals surface area contributed by atoms with Crippen molar-refractivity contribution in [3.63, 3.8) is 0 Å². The number of carbonyl (C=O) groups is 3. The Labute approximate surface area is 139 Å². The highest BCUT2D eigenvalue weighted by atomic mass is 16.2. The number of anilines is 1. The van der Waals surface area contributed by atoms with Crippen molar-refractivity contribution in [2.45, 2.75) is 12.8 Å². The quantitative estimate of drug-likeness (QED) is 0.611. The number of likely N-dealkylation sites (tertiary alicyclic amines) is 1. The van der Waals surface area contributed by atoms with Gasteiger partial charge in [-0.05, 0) is 36.3 Å². The fraction of sp³-hybridized carbons (Fsp3) is 0.421. The topological polar surface area (TPSA) is 57.7 Å². The maximum atomic E-state index is 12.7. The van der Waals surface area contributed by atoms with Crippen molar-refractivity contribution in [2.75, 3.05) is 18.0 Å². The number of amides is 3. The lowest BCUT2D eigenvalue weighted by atomic mass is 9.85. The van der Waals surface area contributed by atoms with E-state index < -0.39 is 0 Å². The molecule has 2 heterocycles. The zero-order valence-electron chi connectivity index (χ0n) is 13.2. The molecule has 4 atom stereocenters. The molecule has 2 fully saturated rings. The zero-order valence-corrected chi connectivity index (χ0v) is 13.2. The first kappa shape index (κ1) is 14.0. The van der Waals surface area contributed by atoms with Crippen LogP contribution in [0.15, 0.2) is 36.4 Å². The van der Waals surface area contributed by atoms with Gasteiger partial charge >= 0.3 is 0 Å². The minimum absolute atomic E-state index is 0.127. The lowest BCUT2D eigenvalue weighted by Gasteiger charge is -2.22. The van der Waals surface area contributed by atoms with E-state index in [0.717, 1.165) is 24.1 Å². The van der Waals surface area contributed by atoms with Gasteiger partial charge in [0.2, 0.25) is 17.7 Å². The molecule has 4 unspecified atom stereocenters. The maximum Gasteiger partial charge on any atom is 0.247 e. The molecule has 2 aliphatic carbocycles. The molecule has 0 radical (unpaired) electrons. The fourth-order valence-corrected chi connectivity index (χ4v) is 4.94. The lowest BCUT2D eigenvalue weighted by Crippen LogP contribution is -2.43. The number of imide groups is 1. The number of carbonyl (C=O) groups excluding carboxylic acids is 3. The van der Waals surface area contributed by atoms with E-state index in [1.165, 1.54) is 4.90 Å². The van der Waals surface area contributed by atoms with E-state index in [2.05, 4.69) is 12.2 Å². The molecule has 1 saturated heterocycles. The second kappa shape index (κ2) is 4.79. The van der Waals surface area contributed by atoms with E-state index in [-0.39, 0.29) is 47.9 Å². The van der Waals surface area contributed by atoms with Crippen molar-refractivity contribution in [1.29, 1.82) is 0 Å². The van der Waals surface area contributed by atoms with Crippen molar-refractivity contribution in [3.8, 4) is 0 Å². The van der Waals surface area contributed by atoms with Crippen LogP contribution in [0.3, 0.4) is 0 Å². The van der Waals surface area contributed by atoms with Crippen LogP contribution >= 0.6 is 0 Å². The molecule has 1 saturated carbocycles. The van der Waals surface area contributed by atoms with Gasteiger partial charge in [-0.3, -0.25) is 19.3 Å². The van der Waals surface area contributed by atoms with Crippen LogP contribution in [-0.2, 0) is 20.8 Å². The monoisotopic (exact) mass is 322 g/mol. The van der Waals surface area contributed by atoms with Crippen LogP contribution in [0.4, 0.5) is 5.69 Å². The first-order chi connectivity index (χ1) is 11.6. The van der Waals surface area contributed by atoms with Crippen LogP contribution in [0.1, 0.15) is 12.0 Å². The summed E-state index contributed by atoms with van der Waals surface area (Å²) in [6, 6.07) is 7.81. The molecule has 1 aromatic carbocycles. The molecule has 4 aliphatic rings. The number of hydrogen-bond acceptors (Lipinski definition) is 3. The van der Waals surface area contributed by atoms with Gasteiger partial charge in [-0.1, -0.05) is 30.4 Å². The summed E-state index contributed by atoms with van der Waals surface area (Å²) in [6.07, 6.45) is 5.87. The summed E-state index contributed by atoms with van der Waals surface area (Å²) in [4.78, 5) is 41.0. The molecule has 0 spiro atoms. The Morgan fingerprint density at radius 2 is 1.71 bits per heavy atom. The van der Waals surface area contributed by atoms with Gasteiger partial charge in [0.15, 0.2) is 0 Å². The second-order valence-corrected chi connectivity index (χ2v) is 7.19. The highest BCUT2D eigenvalue weighted by molar-refractivity contribution is 6.10. The summed E-state index contributed by atoms with van der Waals surface area (Å²) in [6.45, 7) is 0.493. The van der Waals surface area contributed by atoms with Gasteiger partial charge in [0, 0.05) is 12.2 Å². The van der Waals surface area contributed by atoms with Crippen molar-refractivity contribution in [1.82, 2.24) is 4.90 Å². The molecule has 5 nitrogen and oxygen atoms in total. The Morgan fingerprint density at radius 1 is 1.04 bits per heavy atom. The third-order valence-corrected chi connectivity index (χ3v) is 6.04. The summed E-state index contributed by atoms with van der Waals surface area (Å²) in [5.74, 6) is -0.558. The van der Waals surface area contributed by atoms with E-state index >= 15 is 0 Å². The van der Waals surface area contributed by atoms with Crippen LogP contribution in [0.2, 0.25) is 0 Å². The molecule has 5 heteroatoms. The molecule has 0 N–H and O–H groups in total. The van der Waals surface area contributed by atoms with Crippen LogP contribution in [0.25, 0.3) is 0 Å². The lowest BCUT2D eigenvalue weighted by molar-refractivity contribution is -0.143. The van der Waals surface area contributed by atoms with Gasteiger partial charge in [0.1, 0.15) is 6.54 Å². The molecule has 24 heavy (non-hydrogen) atoms. The molecule has 5 rings (SSSR count). The number of benzene rings is 1. The third-order valence-electron chi connectivity index (χ3n) is 6.04. The SMILES string of the molecule is O=C1C2C3C=CC(C3)C2C(=O)N1CC(=O)N1CCc2ccccc21. The van der Waals surface area contributed by atoms with Crippen molar-refractivity contribution in [2.24, 2.45) is 23.7 Å². The van der Waals surface area contributed by atoms with Crippen molar-refractivity contribution >= 4 is 23.4 Å². The number of para-hydroxylation sites is 1. The summed E-state index contributed by atoms with van der Waals surface area (Å²) in [5, 5.41) is 0. The van der Waals surface area contributed by atoms with E-state index in [9.17, 15) is 14.4 Å². The minimum Gasteiger partial charge on any atom is -0.310 e. The smallest absolute Gasteiger partial charge is 0.247 e. The standard InChI is InChI=1S/C19H18N2O3/c22-15(20-8-7-11-3-1-2-4-14(11)20)10-21-18(23)16-12-5-6-13(9-12)17(16)19(21)24/h1-6,12-13,16-17H,7-10H2. The van der Waals surface area contributed by atoms with E-state index in [1.54, 1.807) is 4.90 Å². The summed E-state index contributed by atoms with van der Waals surface area (Å²) in [7, 11) is 0. The minimum atomic E-state index is -0.230. The second-order valence-electron chi connectivity index (χ2n) is 7.19. The number of hydrogen-bond donors (Lipinski definition) is 0. The molecule has 3 amide bonds. The molecule has 0 aromatic heterocycles. The summed E-state index contributed by atoms with van der Waals surface area (Å²) < 4.78 is 0. The molecule has 2 bridgehead atoms. The molecule has 2 aliphatic heterocycles. The highest BCUT2D eigenvalue weighted by Crippen LogP contribution is 2.52. The molecule has 122 valence electrons. The Bertz CT molecular complexity index is 770. The largest absolute Gasteiger partial charge is 0.310 e. The summed E-state index contributed by atoms with van der Waals surface area (Å²) >= 11 is 0. The van der Waals surface area contributed by atoms with Crippen LogP contribution in [0, 0.1) is 23.7 Å². The molecular weight excluding hydrogens is 304 g/mol.